The van der Waals surface area contributed by atoms with Gasteiger partial charge in [0.05, 0.1) is 25.7 Å². The average Bonchev–Trinajstić information content (AvgIpc) is 3.44. The molecule has 0 spiro atoms. The van der Waals surface area contributed by atoms with E-state index in [-0.39, 0.29) is 19.0 Å². The lowest BCUT2D eigenvalue weighted by atomic mass is 10.2. The molecule has 0 bridgehead atoms. The van der Waals surface area contributed by atoms with E-state index in [1.165, 1.54) is 7.11 Å². The van der Waals surface area contributed by atoms with Crippen LogP contribution in [0.5, 0.6) is 11.5 Å². The van der Waals surface area contributed by atoms with E-state index < -0.39 is 13.9 Å². The molecule has 4 rings (SSSR count). The molecule has 0 saturated heterocycles. The fourth-order valence-corrected chi connectivity index (χ4v) is 5.23. The van der Waals surface area contributed by atoms with Crippen LogP contribution in [0.15, 0.2) is 84.4 Å². The first-order valence-electron chi connectivity index (χ1n) is 12.2. The molecule has 8 nitrogen and oxygen atoms in total. The third kappa shape index (κ3) is 10.2. The number of thioether (sulfide) groups is 1. The number of methoxy groups -OCH3 is 1. The number of benzene rings is 3. The number of hydrogen-bond acceptors (Lipinski definition) is 8. The monoisotopic (exact) mass is 591 g/mol. The summed E-state index contributed by atoms with van der Waals surface area (Å²) in [6.45, 7) is 1.46. The van der Waals surface area contributed by atoms with Crippen molar-refractivity contribution in [3.63, 3.8) is 0 Å². The zero-order valence-electron chi connectivity index (χ0n) is 21.5. The Balaban J connectivity index is 1.17. The highest BCUT2D eigenvalue weighted by atomic mass is 35.5. The summed E-state index contributed by atoms with van der Waals surface area (Å²) in [7, 11) is -2.86. The minimum Gasteiger partial charge on any atom is -0.489 e. The maximum atomic E-state index is 12.5. The molecule has 39 heavy (non-hydrogen) atoms. The predicted molar refractivity (Wildman–Crippen MR) is 153 cm³/mol. The maximum absolute atomic E-state index is 12.5. The van der Waals surface area contributed by atoms with E-state index in [1.807, 2.05) is 66.2 Å². The van der Waals surface area contributed by atoms with Crippen molar-refractivity contribution in [2.75, 3.05) is 26.2 Å². The molecule has 1 aliphatic rings. The Labute approximate surface area is 238 Å². The number of halogens is 1. The van der Waals surface area contributed by atoms with E-state index in [9.17, 15) is 9.46 Å². The van der Waals surface area contributed by atoms with Gasteiger partial charge in [0.2, 0.25) is 0 Å². The van der Waals surface area contributed by atoms with Gasteiger partial charge in [-0.25, -0.2) is 4.57 Å². The molecule has 0 radical (unpaired) electrons. The second-order valence-corrected chi connectivity index (χ2v) is 11.4. The zero-order chi connectivity index (χ0) is 27.5. The van der Waals surface area contributed by atoms with E-state index in [1.54, 1.807) is 30.0 Å². The summed E-state index contributed by atoms with van der Waals surface area (Å²) >= 11 is 7.62. The van der Waals surface area contributed by atoms with Gasteiger partial charge in [-0.1, -0.05) is 48.0 Å². The van der Waals surface area contributed by atoms with Gasteiger partial charge in [0, 0.05) is 24.9 Å². The number of phosphoric ester groups is 1. The van der Waals surface area contributed by atoms with Crippen molar-refractivity contribution in [2.45, 2.75) is 25.9 Å². The molecule has 2 atom stereocenters. The molecule has 0 saturated carbocycles. The summed E-state index contributed by atoms with van der Waals surface area (Å²) in [5.41, 5.74) is 2.94. The van der Waals surface area contributed by atoms with E-state index in [0.717, 1.165) is 28.3 Å². The van der Waals surface area contributed by atoms with Crippen LogP contribution in [0, 0.1) is 0 Å². The first kappa shape index (κ1) is 29.5. The predicted octanol–water partition coefficient (Wildman–Crippen LogP) is 6.62. The lowest BCUT2D eigenvalue weighted by Gasteiger charge is -2.19. The van der Waals surface area contributed by atoms with Crippen LogP contribution in [-0.2, 0) is 38.3 Å². The second kappa shape index (κ2) is 14.8. The minimum atomic E-state index is -4.35. The largest absolute Gasteiger partial charge is 0.527 e. The lowest BCUT2D eigenvalue weighted by molar-refractivity contribution is -0.0239. The molecule has 208 valence electrons. The van der Waals surface area contributed by atoms with Crippen LogP contribution in [0.4, 0.5) is 0 Å². The Morgan fingerprint density at radius 2 is 1.72 bits per heavy atom. The highest BCUT2D eigenvalue weighted by Gasteiger charge is 2.25. The van der Waals surface area contributed by atoms with E-state index in [0.29, 0.717) is 24.8 Å². The van der Waals surface area contributed by atoms with Crippen LogP contribution >= 0.6 is 31.2 Å². The van der Waals surface area contributed by atoms with Crippen LogP contribution in [0.2, 0.25) is 5.02 Å². The molecular weight excluding hydrogens is 561 g/mol. The van der Waals surface area contributed by atoms with Crippen molar-refractivity contribution in [3.8, 4) is 11.5 Å². The molecule has 3 aromatic rings. The van der Waals surface area contributed by atoms with Crippen LogP contribution in [0.25, 0.3) is 0 Å². The second-order valence-electron chi connectivity index (χ2n) is 8.76. The molecule has 0 aromatic heterocycles. The highest BCUT2D eigenvalue weighted by molar-refractivity contribution is 8.02. The van der Waals surface area contributed by atoms with Gasteiger partial charge in [0.15, 0.2) is 0 Å². The van der Waals surface area contributed by atoms with Crippen LogP contribution < -0.4 is 9.26 Å². The SMILES string of the molecule is COC(COCc1ccc(OCc2ccc(Cl)cc2)cc1)COP(=O)(O)Oc1cccc(CN2C=CSC2)c1. The summed E-state index contributed by atoms with van der Waals surface area (Å²) in [6.07, 6.45) is 1.46. The van der Waals surface area contributed by atoms with E-state index >= 15 is 0 Å². The average molecular weight is 592 g/mol. The standard InChI is InChI=1S/C28H31ClNO7PS/c1-33-28(19-34-17-22-7-11-26(12-8-22)35-18-23-5-9-25(29)10-6-23)20-36-38(31,32)37-27-4-2-3-24(15-27)16-30-13-14-39-21-30/h2-15,28H,16-21H2,1H3,(H,31,32). The van der Waals surface area contributed by atoms with Crippen molar-refractivity contribution in [2.24, 2.45) is 0 Å². The van der Waals surface area contributed by atoms with Crippen molar-refractivity contribution in [3.05, 3.63) is 106 Å². The van der Waals surface area contributed by atoms with Gasteiger partial charge in [-0.15, -0.1) is 11.8 Å². The van der Waals surface area contributed by atoms with Crippen LogP contribution in [0.3, 0.4) is 0 Å². The first-order chi connectivity index (χ1) is 18.9. The smallest absolute Gasteiger partial charge is 0.489 e. The summed E-state index contributed by atoms with van der Waals surface area (Å²) in [5, 5.41) is 2.72. The summed E-state index contributed by atoms with van der Waals surface area (Å²) < 4.78 is 39.9. The van der Waals surface area contributed by atoms with Gasteiger partial charge in [0.1, 0.15) is 24.2 Å². The van der Waals surface area contributed by atoms with E-state index in [2.05, 4.69) is 4.90 Å². The molecular formula is C28H31ClNO7PS. The third-order valence-corrected chi connectivity index (χ3v) is 7.65. The molecule has 0 aliphatic carbocycles. The zero-order valence-corrected chi connectivity index (χ0v) is 23.9. The van der Waals surface area contributed by atoms with Crippen molar-refractivity contribution < 1.29 is 32.7 Å². The fraction of sp³-hybridized carbons (Fsp3) is 0.286. The van der Waals surface area contributed by atoms with Gasteiger partial charge in [0.25, 0.3) is 0 Å². The van der Waals surface area contributed by atoms with Gasteiger partial charge in [-0.2, -0.15) is 0 Å². The van der Waals surface area contributed by atoms with Crippen molar-refractivity contribution in [1.29, 1.82) is 0 Å². The molecule has 0 amide bonds. The number of rotatable bonds is 15. The van der Waals surface area contributed by atoms with Gasteiger partial charge in [-0.05, 0) is 58.5 Å². The fourth-order valence-electron chi connectivity index (χ4n) is 3.60. The van der Waals surface area contributed by atoms with Crippen LogP contribution in [-0.4, -0.2) is 42.1 Å². The Bertz CT molecular complexity index is 1260. The van der Waals surface area contributed by atoms with Gasteiger partial charge >= 0.3 is 7.82 Å². The van der Waals surface area contributed by atoms with E-state index in [4.69, 9.17) is 34.9 Å². The molecule has 3 aromatic carbocycles. The molecule has 1 N–H and O–H groups in total. The summed E-state index contributed by atoms with van der Waals surface area (Å²) in [6, 6.07) is 22.2. The number of phosphoric acid groups is 1. The minimum absolute atomic E-state index is 0.169. The molecule has 1 heterocycles. The van der Waals surface area contributed by atoms with Gasteiger partial charge in [-0.3, -0.25) is 9.42 Å². The number of hydrogen-bond donors (Lipinski definition) is 1. The molecule has 11 heteroatoms. The summed E-state index contributed by atoms with van der Waals surface area (Å²) in [5.74, 6) is 1.88. The first-order valence-corrected chi connectivity index (χ1v) is 15.2. The molecule has 1 aliphatic heterocycles. The van der Waals surface area contributed by atoms with Crippen molar-refractivity contribution >= 4 is 31.2 Å². The van der Waals surface area contributed by atoms with Gasteiger partial charge < -0.3 is 23.6 Å². The Hall–Kier alpha value is -2.49. The maximum Gasteiger partial charge on any atom is 0.527 e. The topological polar surface area (TPSA) is 86.7 Å². The summed E-state index contributed by atoms with van der Waals surface area (Å²) in [4.78, 5) is 12.3. The number of nitrogens with zero attached hydrogens (tertiary/aromatic N) is 1. The number of ether oxygens (including phenoxy) is 3. The highest BCUT2D eigenvalue weighted by Crippen LogP contribution is 2.44. The van der Waals surface area contributed by atoms with Crippen molar-refractivity contribution in [1.82, 2.24) is 4.90 Å². The third-order valence-electron chi connectivity index (χ3n) is 5.68. The normalized spacial score (nSPS) is 15.2. The lowest BCUT2D eigenvalue weighted by Crippen LogP contribution is -2.24. The quantitative estimate of drug-likeness (QED) is 0.196. The van der Waals surface area contributed by atoms with Crippen LogP contribution in [0.1, 0.15) is 16.7 Å². The Morgan fingerprint density at radius 1 is 0.974 bits per heavy atom. The Morgan fingerprint density at radius 3 is 2.44 bits per heavy atom. The Kier molecular flexibility index (Phi) is 11.2. The molecule has 2 unspecified atom stereocenters. The molecule has 0 fully saturated rings.